The molecule has 0 unspecified atom stereocenters. The van der Waals surface area contributed by atoms with Gasteiger partial charge in [-0.25, -0.2) is 8.78 Å². The fourth-order valence-corrected chi connectivity index (χ4v) is 4.43. The maximum absolute atomic E-state index is 13.3. The summed E-state index contributed by atoms with van der Waals surface area (Å²) in [6, 6.07) is 14.5. The van der Waals surface area contributed by atoms with Crippen molar-refractivity contribution < 1.29 is 13.6 Å². The first kappa shape index (κ1) is 21.5. The van der Waals surface area contributed by atoms with Gasteiger partial charge in [-0.05, 0) is 47.8 Å². The van der Waals surface area contributed by atoms with E-state index in [-0.39, 0.29) is 17.3 Å². The van der Waals surface area contributed by atoms with Crippen LogP contribution in [-0.4, -0.2) is 26.4 Å². The van der Waals surface area contributed by atoms with E-state index in [0.717, 1.165) is 28.5 Å². The lowest BCUT2D eigenvalue weighted by Gasteiger charge is -2.10. The molecule has 4 aromatic rings. The minimum atomic E-state index is -1.02. The molecular weight excluding hydrogens is 462 g/mol. The third kappa shape index (κ3) is 5.30. The SMILES string of the molecule is O=C(CSc1nnc(Cc2cccs2)n1-c1ccc(Cl)cc1)Nc1ccc(F)c(F)c1. The lowest BCUT2D eigenvalue weighted by atomic mass is 10.3. The van der Waals surface area contributed by atoms with Crippen LogP contribution < -0.4 is 5.32 Å². The number of benzene rings is 2. The Morgan fingerprint density at radius 3 is 2.61 bits per heavy atom. The normalized spacial score (nSPS) is 10.9. The summed E-state index contributed by atoms with van der Waals surface area (Å²) in [5, 5.41) is 14.3. The number of hydrogen-bond donors (Lipinski definition) is 1. The second-order valence-corrected chi connectivity index (χ2v) is 8.84. The summed E-state index contributed by atoms with van der Waals surface area (Å²) in [6.45, 7) is 0. The highest BCUT2D eigenvalue weighted by atomic mass is 35.5. The molecule has 31 heavy (non-hydrogen) atoms. The average Bonchev–Trinajstić information content (AvgIpc) is 3.40. The van der Waals surface area contributed by atoms with Gasteiger partial charge in [-0.15, -0.1) is 21.5 Å². The first-order valence-corrected chi connectivity index (χ1v) is 11.3. The first-order valence-electron chi connectivity index (χ1n) is 9.10. The summed E-state index contributed by atoms with van der Waals surface area (Å²) in [5.41, 5.74) is 1.01. The Kier molecular flexibility index (Phi) is 6.64. The summed E-state index contributed by atoms with van der Waals surface area (Å²) in [5.74, 6) is -1.62. The predicted octanol–water partition coefficient (Wildman–Crippen LogP) is 5.58. The van der Waals surface area contributed by atoms with Crippen molar-refractivity contribution in [2.24, 2.45) is 0 Å². The van der Waals surface area contributed by atoms with Crippen molar-refractivity contribution in [3.63, 3.8) is 0 Å². The largest absolute Gasteiger partial charge is 0.325 e. The molecule has 2 aromatic carbocycles. The van der Waals surface area contributed by atoms with Gasteiger partial charge in [-0.3, -0.25) is 9.36 Å². The highest BCUT2D eigenvalue weighted by molar-refractivity contribution is 7.99. The van der Waals surface area contributed by atoms with E-state index < -0.39 is 11.6 Å². The number of thioether (sulfide) groups is 1. The van der Waals surface area contributed by atoms with Gasteiger partial charge in [0.1, 0.15) is 5.82 Å². The Bertz CT molecular complexity index is 1200. The molecule has 0 aliphatic rings. The van der Waals surface area contributed by atoms with Gasteiger partial charge in [0.15, 0.2) is 16.8 Å². The molecule has 0 fully saturated rings. The van der Waals surface area contributed by atoms with Gasteiger partial charge in [0.2, 0.25) is 5.91 Å². The quantitative estimate of drug-likeness (QED) is 0.354. The molecule has 0 spiro atoms. The van der Waals surface area contributed by atoms with E-state index in [1.54, 1.807) is 23.5 Å². The highest BCUT2D eigenvalue weighted by Gasteiger charge is 2.17. The Balaban J connectivity index is 1.53. The number of thiophene rings is 1. The van der Waals surface area contributed by atoms with Crippen LogP contribution in [-0.2, 0) is 11.2 Å². The van der Waals surface area contributed by atoms with E-state index in [0.29, 0.717) is 16.6 Å². The van der Waals surface area contributed by atoms with Crippen LogP contribution in [0.5, 0.6) is 0 Å². The molecule has 158 valence electrons. The maximum Gasteiger partial charge on any atom is 0.234 e. The highest BCUT2D eigenvalue weighted by Crippen LogP contribution is 2.26. The number of anilines is 1. The van der Waals surface area contributed by atoms with Crippen LogP contribution in [0.15, 0.2) is 65.1 Å². The van der Waals surface area contributed by atoms with Crippen LogP contribution in [0.2, 0.25) is 5.02 Å². The number of rotatable bonds is 7. The van der Waals surface area contributed by atoms with Crippen molar-refractivity contribution in [1.82, 2.24) is 14.8 Å². The van der Waals surface area contributed by atoms with Crippen molar-refractivity contribution in [3.8, 4) is 5.69 Å². The second-order valence-electron chi connectivity index (χ2n) is 6.43. The standard InChI is InChI=1S/C21H15ClF2N4OS2/c22-13-3-6-15(7-4-13)28-19(11-16-2-1-9-30-16)26-27-21(28)31-12-20(29)25-14-5-8-17(23)18(24)10-14/h1-10H,11-12H2,(H,25,29). The molecule has 0 bridgehead atoms. The number of carbonyl (C=O) groups is 1. The summed E-state index contributed by atoms with van der Waals surface area (Å²) in [4.78, 5) is 13.5. The Morgan fingerprint density at radius 2 is 1.90 bits per heavy atom. The molecule has 0 aliphatic heterocycles. The van der Waals surface area contributed by atoms with E-state index in [1.807, 2.05) is 34.2 Å². The second kappa shape index (κ2) is 9.59. The smallest absolute Gasteiger partial charge is 0.234 e. The van der Waals surface area contributed by atoms with Gasteiger partial charge >= 0.3 is 0 Å². The minimum Gasteiger partial charge on any atom is -0.325 e. The molecule has 0 saturated carbocycles. The molecule has 0 aliphatic carbocycles. The number of nitrogens with zero attached hydrogens (tertiary/aromatic N) is 3. The van der Waals surface area contributed by atoms with Crippen LogP contribution >= 0.6 is 34.7 Å². The summed E-state index contributed by atoms with van der Waals surface area (Å²) >= 11 is 8.84. The topological polar surface area (TPSA) is 59.8 Å². The number of halogens is 3. The van der Waals surface area contributed by atoms with Crippen molar-refractivity contribution in [2.45, 2.75) is 11.6 Å². The summed E-state index contributed by atoms with van der Waals surface area (Å²) < 4.78 is 28.3. The van der Waals surface area contributed by atoms with E-state index in [1.165, 1.54) is 17.8 Å². The van der Waals surface area contributed by atoms with E-state index in [2.05, 4.69) is 15.5 Å². The zero-order valence-corrected chi connectivity index (χ0v) is 18.3. The molecule has 1 N–H and O–H groups in total. The van der Waals surface area contributed by atoms with Crippen LogP contribution in [0.3, 0.4) is 0 Å². The predicted molar refractivity (Wildman–Crippen MR) is 119 cm³/mol. The van der Waals surface area contributed by atoms with Crippen molar-refractivity contribution in [1.29, 1.82) is 0 Å². The van der Waals surface area contributed by atoms with Gasteiger partial charge in [0, 0.05) is 33.8 Å². The zero-order chi connectivity index (χ0) is 21.8. The fourth-order valence-electron chi connectivity index (χ4n) is 2.83. The van der Waals surface area contributed by atoms with Crippen LogP contribution in [0.4, 0.5) is 14.5 Å². The van der Waals surface area contributed by atoms with Gasteiger partial charge in [0.05, 0.1) is 5.75 Å². The Hall–Kier alpha value is -2.75. The third-order valence-corrected chi connectivity index (χ3v) is 6.29. The zero-order valence-electron chi connectivity index (χ0n) is 15.9. The van der Waals surface area contributed by atoms with Crippen LogP contribution in [0.25, 0.3) is 5.69 Å². The van der Waals surface area contributed by atoms with E-state index >= 15 is 0 Å². The van der Waals surface area contributed by atoms with Crippen LogP contribution in [0, 0.1) is 11.6 Å². The number of nitrogens with one attached hydrogen (secondary N) is 1. The van der Waals surface area contributed by atoms with Gasteiger partial charge in [0.25, 0.3) is 0 Å². The maximum atomic E-state index is 13.3. The fraction of sp³-hybridized carbons (Fsp3) is 0.0952. The molecular formula is C21H15ClF2N4OS2. The Morgan fingerprint density at radius 1 is 1.10 bits per heavy atom. The molecule has 4 rings (SSSR count). The molecule has 0 saturated heterocycles. The molecule has 2 heterocycles. The number of hydrogen-bond acceptors (Lipinski definition) is 5. The van der Waals surface area contributed by atoms with Gasteiger partial charge in [-0.2, -0.15) is 0 Å². The van der Waals surface area contributed by atoms with Crippen molar-refractivity contribution >= 4 is 46.3 Å². The van der Waals surface area contributed by atoms with Crippen molar-refractivity contribution in [3.05, 3.63) is 87.3 Å². The third-order valence-electron chi connectivity index (χ3n) is 4.23. The summed E-state index contributed by atoms with van der Waals surface area (Å²) in [6.07, 6.45) is 0.592. The number of amides is 1. The van der Waals surface area contributed by atoms with Crippen molar-refractivity contribution in [2.75, 3.05) is 11.1 Å². The first-order chi connectivity index (χ1) is 15.0. The van der Waals surface area contributed by atoms with Crippen LogP contribution in [0.1, 0.15) is 10.7 Å². The summed E-state index contributed by atoms with van der Waals surface area (Å²) in [7, 11) is 0. The molecule has 1 amide bonds. The molecule has 0 radical (unpaired) electrons. The molecule has 2 aromatic heterocycles. The van der Waals surface area contributed by atoms with E-state index in [4.69, 9.17) is 11.6 Å². The number of aromatic nitrogens is 3. The van der Waals surface area contributed by atoms with E-state index in [9.17, 15) is 13.6 Å². The van der Waals surface area contributed by atoms with Gasteiger partial charge < -0.3 is 5.32 Å². The van der Waals surface area contributed by atoms with Gasteiger partial charge in [-0.1, -0.05) is 29.4 Å². The number of carbonyl (C=O) groups excluding carboxylic acids is 1. The Labute approximate surface area is 190 Å². The lowest BCUT2D eigenvalue weighted by Crippen LogP contribution is -2.15. The molecule has 10 heteroatoms. The molecule has 0 atom stereocenters. The lowest BCUT2D eigenvalue weighted by molar-refractivity contribution is -0.113. The minimum absolute atomic E-state index is 0.0176. The average molecular weight is 477 g/mol. The monoisotopic (exact) mass is 476 g/mol. The molecule has 5 nitrogen and oxygen atoms in total.